The summed E-state index contributed by atoms with van der Waals surface area (Å²) in [7, 11) is 1.63. The molecule has 6 nitrogen and oxygen atoms in total. The van der Waals surface area contributed by atoms with Gasteiger partial charge < -0.3 is 15.4 Å². The molecule has 6 heteroatoms. The highest BCUT2D eigenvalue weighted by Gasteiger charge is 2.18. The zero-order chi connectivity index (χ0) is 21.1. The maximum Gasteiger partial charge on any atom is 0.237 e. The van der Waals surface area contributed by atoms with Crippen LogP contribution in [0.15, 0.2) is 67.3 Å². The first-order valence-electron chi connectivity index (χ1n) is 9.58. The fourth-order valence-corrected chi connectivity index (χ4v) is 2.99. The minimum atomic E-state index is -0.419. The summed E-state index contributed by atoms with van der Waals surface area (Å²) in [5.41, 5.74) is 7.38. The number of amides is 2. The van der Waals surface area contributed by atoms with Gasteiger partial charge in [0.15, 0.2) is 0 Å². The number of nitrogens with two attached hydrogens (primary N) is 1. The summed E-state index contributed by atoms with van der Waals surface area (Å²) in [5.74, 6) is 0.322. The number of hydrogen-bond donors (Lipinski definition) is 1. The zero-order valence-electron chi connectivity index (χ0n) is 16.9. The van der Waals surface area contributed by atoms with Gasteiger partial charge in [-0.3, -0.25) is 14.5 Å². The second-order valence-electron chi connectivity index (χ2n) is 6.82. The van der Waals surface area contributed by atoms with E-state index in [-0.39, 0.29) is 18.9 Å². The number of carbonyl (C=O) groups is 2. The van der Waals surface area contributed by atoms with E-state index < -0.39 is 5.91 Å². The van der Waals surface area contributed by atoms with Crippen LogP contribution in [0.2, 0.25) is 0 Å². The summed E-state index contributed by atoms with van der Waals surface area (Å²) in [5, 5.41) is 0. The van der Waals surface area contributed by atoms with Gasteiger partial charge in [0, 0.05) is 32.6 Å². The Hall–Kier alpha value is -3.12. The Kier molecular flexibility index (Phi) is 8.92. The van der Waals surface area contributed by atoms with E-state index in [0.29, 0.717) is 26.2 Å². The summed E-state index contributed by atoms with van der Waals surface area (Å²) in [4.78, 5) is 28.0. The summed E-state index contributed by atoms with van der Waals surface area (Å²) in [6, 6.07) is 17.5. The maximum absolute atomic E-state index is 13.0. The van der Waals surface area contributed by atoms with Gasteiger partial charge >= 0.3 is 0 Å². The summed E-state index contributed by atoms with van der Waals surface area (Å²) < 4.78 is 5.19. The van der Waals surface area contributed by atoms with E-state index in [1.54, 1.807) is 18.1 Å². The lowest BCUT2D eigenvalue weighted by molar-refractivity contribution is -0.133. The lowest BCUT2D eigenvalue weighted by Gasteiger charge is -2.27. The third-order valence-corrected chi connectivity index (χ3v) is 4.51. The van der Waals surface area contributed by atoms with Crippen molar-refractivity contribution in [3.63, 3.8) is 0 Å². The van der Waals surface area contributed by atoms with Crippen molar-refractivity contribution in [2.45, 2.75) is 19.5 Å². The van der Waals surface area contributed by atoms with Gasteiger partial charge in [-0.05, 0) is 23.3 Å². The number of nitrogens with zero attached hydrogens (tertiary/aromatic N) is 2. The molecule has 2 amide bonds. The van der Waals surface area contributed by atoms with Gasteiger partial charge in [0.05, 0.1) is 13.7 Å². The van der Waals surface area contributed by atoms with Gasteiger partial charge in [0.1, 0.15) is 5.75 Å². The van der Waals surface area contributed by atoms with Gasteiger partial charge in [-0.1, -0.05) is 48.5 Å². The monoisotopic (exact) mass is 395 g/mol. The van der Waals surface area contributed by atoms with Crippen LogP contribution < -0.4 is 10.5 Å². The summed E-state index contributed by atoms with van der Waals surface area (Å²) in [6.45, 7) is 5.95. The predicted octanol–water partition coefficient (Wildman–Crippen LogP) is 2.59. The van der Waals surface area contributed by atoms with Gasteiger partial charge in [-0.2, -0.15) is 0 Å². The van der Waals surface area contributed by atoms with Crippen LogP contribution in [0.5, 0.6) is 5.75 Å². The predicted molar refractivity (Wildman–Crippen MR) is 114 cm³/mol. The second kappa shape index (κ2) is 11.7. The molecule has 0 aliphatic heterocycles. The largest absolute Gasteiger partial charge is 0.497 e. The first-order chi connectivity index (χ1) is 14.0. The highest BCUT2D eigenvalue weighted by Crippen LogP contribution is 2.14. The molecule has 0 aliphatic carbocycles. The van der Waals surface area contributed by atoms with Crippen molar-refractivity contribution >= 4 is 11.8 Å². The molecule has 0 bridgehead atoms. The molecule has 0 radical (unpaired) electrons. The molecule has 2 aromatic rings. The van der Waals surface area contributed by atoms with Crippen LogP contribution in [0.1, 0.15) is 17.5 Å². The van der Waals surface area contributed by atoms with Crippen molar-refractivity contribution < 1.29 is 14.3 Å². The molecule has 0 saturated heterocycles. The van der Waals surface area contributed by atoms with Crippen LogP contribution >= 0.6 is 0 Å². The number of ether oxygens (including phenoxy) is 1. The molecule has 0 aromatic heterocycles. The van der Waals surface area contributed by atoms with E-state index in [1.807, 2.05) is 59.5 Å². The number of primary amides is 1. The van der Waals surface area contributed by atoms with Crippen LogP contribution in [-0.4, -0.2) is 48.4 Å². The molecule has 2 rings (SSSR count). The van der Waals surface area contributed by atoms with Gasteiger partial charge in [-0.15, -0.1) is 6.58 Å². The Balaban J connectivity index is 2.06. The molecule has 0 unspecified atom stereocenters. The fraction of sp³-hybridized carbons (Fsp3) is 0.304. The van der Waals surface area contributed by atoms with E-state index in [2.05, 4.69) is 6.58 Å². The standard InChI is InChI=1S/C23H29N3O3/c1-3-14-25(16-20-9-11-21(29-2)12-10-20)18-23(28)26(15-13-22(24)27)17-19-7-5-4-6-8-19/h3-12H,1,13-18H2,2H3,(H2,24,27). The molecule has 0 spiro atoms. The first-order valence-corrected chi connectivity index (χ1v) is 9.58. The SMILES string of the molecule is C=CCN(CC(=O)N(CCC(N)=O)Cc1ccccc1)Cc1ccc(OC)cc1. The number of carbonyl (C=O) groups excluding carboxylic acids is 2. The highest BCUT2D eigenvalue weighted by molar-refractivity contribution is 5.79. The average molecular weight is 396 g/mol. The molecule has 29 heavy (non-hydrogen) atoms. The minimum absolute atomic E-state index is 0.0505. The smallest absolute Gasteiger partial charge is 0.237 e. The lowest BCUT2D eigenvalue weighted by Crippen LogP contribution is -2.41. The molecule has 0 saturated carbocycles. The number of rotatable bonds is 12. The van der Waals surface area contributed by atoms with Crippen molar-refractivity contribution in [1.29, 1.82) is 0 Å². The first kappa shape index (κ1) is 22.2. The Morgan fingerprint density at radius 2 is 1.69 bits per heavy atom. The van der Waals surface area contributed by atoms with Gasteiger partial charge in [-0.25, -0.2) is 0 Å². The number of methoxy groups -OCH3 is 1. The van der Waals surface area contributed by atoms with Crippen molar-refractivity contribution in [3.8, 4) is 5.75 Å². The summed E-state index contributed by atoms with van der Waals surface area (Å²) in [6.07, 6.45) is 1.92. The van der Waals surface area contributed by atoms with E-state index in [4.69, 9.17) is 10.5 Å². The molecule has 2 aromatic carbocycles. The van der Waals surface area contributed by atoms with Gasteiger partial charge in [0.25, 0.3) is 0 Å². The van der Waals surface area contributed by atoms with Gasteiger partial charge in [0.2, 0.25) is 11.8 Å². The van der Waals surface area contributed by atoms with Crippen LogP contribution in [0.4, 0.5) is 0 Å². The summed E-state index contributed by atoms with van der Waals surface area (Å²) >= 11 is 0. The van der Waals surface area contributed by atoms with Crippen LogP contribution in [0.3, 0.4) is 0 Å². The van der Waals surface area contributed by atoms with Crippen molar-refractivity contribution in [2.24, 2.45) is 5.73 Å². The molecular formula is C23H29N3O3. The highest BCUT2D eigenvalue weighted by atomic mass is 16.5. The van der Waals surface area contributed by atoms with E-state index >= 15 is 0 Å². The molecule has 0 aliphatic rings. The van der Waals surface area contributed by atoms with E-state index in [0.717, 1.165) is 16.9 Å². The second-order valence-corrected chi connectivity index (χ2v) is 6.82. The van der Waals surface area contributed by atoms with E-state index in [9.17, 15) is 9.59 Å². The normalized spacial score (nSPS) is 10.6. The zero-order valence-corrected chi connectivity index (χ0v) is 16.9. The fourth-order valence-electron chi connectivity index (χ4n) is 2.99. The third kappa shape index (κ3) is 7.79. The van der Waals surface area contributed by atoms with Crippen LogP contribution in [0.25, 0.3) is 0 Å². The molecular weight excluding hydrogens is 366 g/mol. The number of benzene rings is 2. The Morgan fingerprint density at radius 3 is 2.28 bits per heavy atom. The van der Waals surface area contributed by atoms with Crippen molar-refractivity contribution in [2.75, 3.05) is 26.7 Å². The Bertz CT molecular complexity index is 791. The van der Waals surface area contributed by atoms with Crippen molar-refractivity contribution in [3.05, 3.63) is 78.4 Å². The molecule has 0 atom stereocenters. The Labute approximate surface area is 172 Å². The van der Waals surface area contributed by atoms with Crippen molar-refractivity contribution in [1.82, 2.24) is 9.80 Å². The maximum atomic E-state index is 13.0. The molecule has 2 N–H and O–H groups in total. The quantitative estimate of drug-likeness (QED) is 0.561. The van der Waals surface area contributed by atoms with E-state index in [1.165, 1.54) is 0 Å². The average Bonchev–Trinajstić information content (AvgIpc) is 2.72. The number of hydrogen-bond acceptors (Lipinski definition) is 4. The third-order valence-electron chi connectivity index (χ3n) is 4.51. The lowest BCUT2D eigenvalue weighted by atomic mass is 10.2. The van der Waals surface area contributed by atoms with Crippen LogP contribution in [0, 0.1) is 0 Å². The minimum Gasteiger partial charge on any atom is -0.497 e. The topological polar surface area (TPSA) is 75.9 Å². The molecule has 0 fully saturated rings. The Morgan fingerprint density at radius 1 is 1.03 bits per heavy atom. The molecule has 0 heterocycles. The molecule has 154 valence electrons. The van der Waals surface area contributed by atoms with Crippen LogP contribution in [-0.2, 0) is 22.7 Å².